The van der Waals surface area contributed by atoms with Gasteiger partial charge in [-0.25, -0.2) is 0 Å². The van der Waals surface area contributed by atoms with Gasteiger partial charge in [-0.1, -0.05) is 12.2 Å². The van der Waals surface area contributed by atoms with Gasteiger partial charge in [-0.05, 0) is 19.3 Å². The summed E-state index contributed by atoms with van der Waals surface area (Å²) in [4.78, 5) is 13.1. The van der Waals surface area contributed by atoms with Crippen LogP contribution in [0.15, 0.2) is 12.2 Å². The lowest BCUT2D eigenvalue weighted by atomic mass is 9.95. The molecule has 0 aliphatic carbocycles. The van der Waals surface area contributed by atoms with Gasteiger partial charge in [0, 0.05) is 12.6 Å². The molecule has 2 heterocycles. The van der Waals surface area contributed by atoms with Gasteiger partial charge in [-0.3, -0.25) is 4.90 Å². The van der Waals surface area contributed by atoms with Crippen LogP contribution in [0.5, 0.6) is 0 Å². The lowest BCUT2D eigenvalue weighted by Crippen LogP contribution is -2.45. The average Bonchev–Trinajstić information content (AvgIpc) is 2.70. The number of halogens is 2. The van der Waals surface area contributed by atoms with Crippen LogP contribution < -0.4 is 0 Å². The van der Waals surface area contributed by atoms with Gasteiger partial charge in [0.15, 0.2) is 0 Å². The number of fused-ring (bicyclic) bond motifs is 1. The quantitative estimate of drug-likeness (QED) is 0.543. The molecule has 0 spiro atoms. The van der Waals surface area contributed by atoms with E-state index in [0.717, 1.165) is 18.3 Å². The highest BCUT2D eigenvalue weighted by molar-refractivity contribution is 5.67. The first-order chi connectivity index (χ1) is 7.57. The molecule has 90 valence electrons. The van der Waals surface area contributed by atoms with Crippen LogP contribution in [0.25, 0.3) is 0 Å². The zero-order valence-corrected chi connectivity index (χ0v) is 8.99. The molecule has 0 aromatic rings. The van der Waals surface area contributed by atoms with E-state index in [-0.39, 0.29) is 12.6 Å². The van der Waals surface area contributed by atoms with Crippen molar-refractivity contribution in [2.24, 2.45) is 0 Å². The van der Waals surface area contributed by atoms with Gasteiger partial charge < -0.3 is 9.53 Å². The average molecular weight is 231 g/mol. The Kier molecular flexibility index (Phi) is 3.08. The normalized spacial score (nSPS) is 34.7. The van der Waals surface area contributed by atoms with Gasteiger partial charge in [0.1, 0.15) is 6.29 Å². The first-order valence-electron chi connectivity index (χ1n) is 5.37. The number of aldehydes is 1. The largest absolute Gasteiger partial charge is 0.345 e. The second-order valence-electron chi connectivity index (χ2n) is 4.56. The molecule has 0 amide bonds. The number of alkyl halides is 2. The summed E-state index contributed by atoms with van der Waals surface area (Å²) in [5, 5.41) is 0. The summed E-state index contributed by atoms with van der Waals surface area (Å²) in [6.07, 6.45) is 3.04. The molecule has 0 radical (unpaired) electrons. The van der Waals surface area contributed by atoms with Crippen LogP contribution in [0.3, 0.4) is 0 Å². The predicted octanol–water partition coefficient (Wildman–Crippen LogP) is 1.59. The summed E-state index contributed by atoms with van der Waals surface area (Å²) in [6.45, 7) is 1.74. The number of hydrogen-bond acceptors (Lipinski definition) is 3. The highest BCUT2D eigenvalue weighted by Gasteiger charge is 2.50. The molecular formula is C11H15F2NO2. The van der Waals surface area contributed by atoms with E-state index in [1.807, 2.05) is 4.90 Å². The molecule has 16 heavy (non-hydrogen) atoms. The number of rotatable bonds is 4. The number of hydrogen-bond donors (Lipinski definition) is 0. The molecule has 0 aromatic carbocycles. The molecular weight excluding hydrogens is 216 g/mol. The Balaban J connectivity index is 2.03. The fraction of sp³-hybridized carbons (Fsp3) is 0.727. The summed E-state index contributed by atoms with van der Waals surface area (Å²) >= 11 is 0. The van der Waals surface area contributed by atoms with Gasteiger partial charge in [-0.2, -0.15) is 8.78 Å². The Labute approximate surface area is 93.1 Å². The molecule has 2 fully saturated rings. The maximum absolute atomic E-state index is 12.0. The molecule has 3 nitrogen and oxygen atoms in total. The third-order valence-corrected chi connectivity index (χ3v) is 3.51. The summed E-state index contributed by atoms with van der Waals surface area (Å²) in [7, 11) is 0. The van der Waals surface area contributed by atoms with Crippen molar-refractivity contribution in [1.82, 2.24) is 4.90 Å². The van der Waals surface area contributed by atoms with Crippen LogP contribution in [0.4, 0.5) is 8.78 Å². The SMILES string of the molecule is C=C1CN2C(COC(F)F)CCC2(C=O)C1. The Morgan fingerprint density at radius 2 is 2.44 bits per heavy atom. The van der Waals surface area contributed by atoms with Crippen LogP contribution >= 0.6 is 0 Å². The lowest BCUT2D eigenvalue weighted by molar-refractivity contribution is -0.141. The van der Waals surface area contributed by atoms with Gasteiger partial charge in [0.25, 0.3) is 0 Å². The molecule has 0 N–H and O–H groups in total. The number of carbonyl (C=O) groups is 1. The fourth-order valence-corrected chi connectivity index (χ4v) is 2.81. The number of nitrogens with zero attached hydrogens (tertiary/aromatic N) is 1. The summed E-state index contributed by atoms with van der Waals surface area (Å²) in [5.74, 6) is 0. The van der Waals surface area contributed by atoms with E-state index >= 15 is 0 Å². The van der Waals surface area contributed by atoms with Crippen LogP contribution in [0.1, 0.15) is 19.3 Å². The zero-order valence-electron chi connectivity index (χ0n) is 8.99. The maximum atomic E-state index is 12.0. The van der Waals surface area contributed by atoms with Gasteiger partial charge in [-0.15, -0.1) is 0 Å². The second-order valence-corrected chi connectivity index (χ2v) is 4.56. The maximum Gasteiger partial charge on any atom is 0.345 e. The molecule has 2 rings (SSSR count). The molecule has 2 aliphatic rings. The number of ether oxygens (including phenoxy) is 1. The third kappa shape index (κ3) is 1.89. The Morgan fingerprint density at radius 1 is 1.69 bits per heavy atom. The topological polar surface area (TPSA) is 29.5 Å². The van der Waals surface area contributed by atoms with E-state index < -0.39 is 12.2 Å². The van der Waals surface area contributed by atoms with E-state index in [0.29, 0.717) is 19.4 Å². The summed E-state index contributed by atoms with van der Waals surface area (Å²) in [5.41, 5.74) is 0.501. The van der Waals surface area contributed by atoms with Crippen LogP contribution in [-0.2, 0) is 9.53 Å². The minimum Gasteiger partial charge on any atom is -0.321 e. The summed E-state index contributed by atoms with van der Waals surface area (Å²) < 4.78 is 28.3. The minimum atomic E-state index is -2.74. The fourth-order valence-electron chi connectivity index (χ4n) is 2.81. The van der Waals surface area contributed by atoms with Crippen LogP contribution in [0, 0.1) is 0 Å². The van der Waals surface area contributed by atoms with Crippen molar-refractivity contribution >= 4 is 6.29 Å². The smallest absolute Gasteiger partial charge is 0.321 e. The van der Waals surface area contributed by atoms with Crippen LogP contribution in [-0.4, -0.2) is 42.5 Å². The molecule has 0 saturated carbocycles. The van der Waals surface area contributed by atoms with Crippen molar-refractivity contribution in [1.29, 1.82) is 0 Å². The van der Waals surface area contributed by atoms with Gasteiger partial charge in [0.2, 0.25) is 0 Å². The molecule has 5 heteroatoms. The first kappa shape index (κ1) is 11.7. The Morgan fingerprint density at radius 3 is 3.06 bits per heavy atom. The van der Waals surface area contributed by atoms with E-state index in [2.05, 4.69) is 11.3 Å². The second kappa shape index (κ2) is 4.22. The highest BCUT2D eigenvalue weighted by Crippen LogP contribution is 2.42. The predicted molar refractivity (Wildman–Crippen MR) is 54.2 cm³/mol. The molecule has 2 atom stereocenters. The minimum absolute atomic E-state index is 0.0134. The molecule has 2 saturated heterocycles. The van der Waals surface area contributed by atoms with Crippen molar-refractivity contribution < 1.29 is 18.3 Å². The Bertz CT molecular complexity index is 308. The standard InChI is InChI=1S/C11H15F2NO2/c1-8-4-11(7-15)3-2-9(14(11)5-8)6-16-10(12)13/h7,9-10H,1-6H2. The van der Waals surface area contributed by atoms with Gasteiger partial charge >= 0.3 is 6.61 Å². The molecule has 0 bridgehead atoms. The van der Waals surface area contributed by atoms with Crippen molar-refractivity contribution in [2.45, 2.75) is 37.5 Å². The monoisotopic (exact) mass is 231 g/mol. The van der Waals surface area contributed by atoms with E-state index in [4.69, 9.17) is 0 Å². The zero-order chi connectivity index (χ0) is 11.8. The van der Waals surface area contributed by atoms with Crippen LogP contribution in [0.2, 0.25) is 0 Å². The highest BCUT2D eigenvalue weighted by atomic mass is 19.3. The van der Waals surface area contributed by atoms with E-state index in [9.17, 15) is 13.6 Å². The van der Waals surface area contributed by atoms with Crippen molar-refractivity contribution in [2.75, 3.05) is 13.2 Å². The first-order valence-corrected chi connectivity index (χ1v) is 5.37. The van der Waals surface area contributed by atoms with Crippen molar-refractivity contribution in [3.63, 3.8) is 0 Å². The summed E-state index contributed by atoms with van der Waals surface area (Å²) in [6, 6.07) is -0.0848. The molecule has 0 aromatic heterocycles. The lowest BCUT2D eigenvalue weighted by Gasteiger charge is -2.29. The number of carbonyl (C=O) groups excluding carboxylic acids is 1. The third-order valence-electron chi connectivity index (χ3n) is 3.51. The molecule has 2 aliphatic heterocycles. The van der Waals surface area contributed by atoms with Crippen molar-refractivity contribution in [3.8, 4) is 0 Å². The van der Waals surface area contributed by atoms with E-state index in [1.165, 1.54) is 0 Å². The van der Waals surface area contributed by atoms with Gasteiger partial charge in [0.05, 0.1) is 12.1 Å². The molecule has 2 unspecified atom stereocenters. The van der Waals surface area contributed by atoms with Crippen molar-refractivity contribution in [3.05, 3.63) is 12.2 Å². The van der Waals surface area contributed by atoms with E-state index in [1.54, 1.807) is 0 Å². The Hall–Kier alpha value is -0.810.